The van der Waals surface area contributed by atoms with Crippen molar-refractivity contribution in [3.8, 4) is 11.6 Å². The Bertz CT molecular complexity index is 1370. The van der Waals surface area contributed by atoms with Crippen molar-refractivity contribution in [3.63, 3.8) is 0 Å². The van der Waals surface area contributed by atoms with Crippen molar-refractivity contribution < 1.29 is 41.3 Å². The van der Waals surface area contributed by atoms with E-state index < -0.39 is 54.6 Å². The zero-order valence-electron chi connectivity index (χ0n) is 23.2. The zero-order chi connectivity index (χ0) is 30.6. The Hall–Kier alpha value is -3.75. The molecule has 228 valence electrons. The molecule has 14 heteroatoms. The van der Waals surface area contributed by atoms with Crippen LogP contribution in [0.5, 0.6) is 5.88 Å². The van der Waals surface area contributed by atoms with E-state index in [-0.39, 0.29) is 37.0 Å². The van der Waals surface area contributed by atoms with Crippen molar-refractivity contribution in [2.45, 2.75) is 44.1 Å². The van der Waals surface area contributed by atoms with Crippen molar-refractivity contribution in [2.24, 2.45) is 0 Å². The maximum Gasteiger partial charge on any atom is 0.406 e. The van der Waals surface area contributed by atoms with Crippen molar-refractivity contribution in [2.75, 3.05) is 38.7 Å². The Labute approximate surface area is 239 Å². The third-order valence-corrected chi connectivity index (χ3v) is 6.95. The van der Waals surface area contributed by atoms with E-state index in [9.17, 15) is 31.9 Å². The van der Waals surface area contributed by atoms with E-state index in [4.69, 9.17) is 9.47 Å². The van der Waals surface area contributed by atoms with Crippen LogP contribution < -0.4 is 15.4 Å². The Morgan fingerprint density at radius 2 is 1.83 bits per heavy atom. The average Bonchev–Trinajstić information content (AvgIpc) is 3.48. The number of aliphatic hydroxyl groups excluding tert-OH is 1. The molecule has 1 aliphatic rings. The summed E-state index contributed by atoms with van der Waals surface area (Å²) in [5.74, 6) is -2.65. The van der Waals surface area contributed by atoms with Gasteiger partial charge in [-0.15, -0.1) is 5.10 Å². The van der Waals surface area contributed by atoms with Crippen LogP contribution in [-0.2, 0) is 4.74 Å². The Kier molecular flexibility index (Phi) is 9.69. The molecule has 0 bridgehead atoms. The van der Waals surface area contributed by atoms with Gasteiger partial charge in [0.1, 0.15) is 18.5 Å². The fourth-order valence-corrected chi connectivity index (χ4v) is 4.91. The van der Waals surface area contributed by atoms with Gasteiger partial charge in [-0.05, 0) is 43.7 Å². The van der Waals surface area contributed by atoms with E-state index in [1.165, 1.54) is 10.7 Å². The maximum atomic E-state index is 14.1. The number of hydrogen-bond acceptors (Lipinski definition) is 6. The number of ether oxygens (including phenoxy) is 2. The lowest BCUT2D eigenvalue weighted by molar-refractivity contribution is -0.192. The van der Waals surface area contributed by atoms with Gasteiger partial charge in [0.25, 0.3) is 0 Å². The first kappa shape index (κ1) is 31.2. The third kappa shape index (κ3) is 7.17. The Morgan fingerprint density at radius 1 is 1.12 bits per heavy atom. The Balaban J connectivity index is 1.62. The fourth-order valence-electron chi connectivity index (χ4n) is 4.91. The van der Waals surface area contributed by atoms with Gasteiger partial charge < -0.3 is 19.9 Å². The number of para-hydroxylation sites is 1. The number of methoxy groups -OCH3 is 1. The van der Waals surface area contributed by atoms with Crippen LogP contribution in [0.15, 0.2) is 48.5 Å². The molecule has 2 heterocycles. The number of anilines is 1. The summed E-state index contributed by atoms with van der Waals surface area (Å²) >= 11 is 0. The van der Waals surface area contributed by atoms with E-state index in [2.05, 4.69) is 15.7 Å². The van der Waals surface area contributed by atoms with Gasteiger partial charge in [-0.1, -0.05) is 24.3 Å². The number of hydrogen-bond donors (Lipinski definition) is 3. The smallest absolute Gasteiger partial charge is 0.406 e. The lowest BCUT2D eigenvalue weighted by atomic mass is 9.94. The lowest BCUT2D eigenvalue weighted by Crippen LogP contribution is -2.49. The number of rotatable bonds is 10. The molecule has 0 saturated carbocycles. The summed E-state index contributed by atoms with van der Waals surface area (Å²) in [6.07, 6.45) is -5.41. The maximum absolute atomic E-state index is 14.1. The SMILES string of the molecule is COCC(N1C[C@@H](NC(=O)Nc2c(C)c(OCC(C)O)nn2-c2ccccc2)[C@H](c2ccc(F)c(F)c2)C1)C(F)(F)F. The zero-order valence-corrected chi connectivity index (χ0v) is 23.2. The summed E-state index contributed by atoms with van der Waals surface area (Å²) < 4.78 is 81.2. The third-order valence-electron chi connectivity index (χ3n) is 6.95. The van der Waals surface area contributed by atoms with Crippen molar-refractivity contribution in [3.05, 3.63) is 71.3 Å². The van der Waals surface area contributed by atoms with Crippen LogP contribution in [0.2, 0.25) is 0 Å². The summed E-state index contributed by atoms with van der Waals surface area (Å²) in [5.41, 5.74) is 1.26. The monoisotopic (exact) mass is 597 g/mol. The van der Waals surface area contributed by atoms with Gasteiger partial charge in [0.2, 0.25) is 5.88 Å². The Morgan fingerprint density at radius 3 is 2.45 bits per heavy atom. The minimum Gasteiger partial charge on any atom is -0.474 e. The topological polar surface area (TPSA) is 101 Å². The number of nitrogens with zero attached hydrogens (tertiary/aromatic N) is 3. The summed E-state index contributed by atoms with van der Waals surface area (Å²) in [4.78, 5) is 14.4. The molecule has 2 aromatic carbocycles. The highest BCUT2D eigenvalue weighted by molar-refractivity contribution is 5.90. The van der Waals surface area contributed by atoms with Crippen LogP contribution in [0.25, 0.3) is 5.69 Å². The molecule has 42 heavy (non-hydrogen) atoms. The highest BCUT2D eigenvalue weighted by Crippen LogP contribution is 2.35. The summed E-state index contributed by atoms with van der Waals surface area (Å²) in [5, 5.41) is 19.5. The molecule has 4 atom stereocenters. The summed E-state index contributed by atoms with van der Waals surface area (Å²) in [7, 11) is 1.15. The van der Waals surface area contributed by atoms with Gasteiger partial charge in [-0.3, -0.25) is 10.2 Å². The number of carbonyl (C=O) groups excluding carboxylic acids is 1. The van der Waals surface area contributed by atoms with E-state index >= 15 is 0 Å². The number of urea groups is 1. The second-order valence-electron chi connectivity index (χ2n) is 10.1. The largest absolute Gasteiger partial charge is 0.474 e. The van der Waals surface area contributed by atoms with Gasteiger partial charge >= 0.3 is 12.2 Å². The highest BCUT2D eigenvalue weighted by atomic mass is 19.4. The first-order chi connectivity index (χ1) is 19.9. The molecule has 0 aliphatic carbocycles. The molecule has 1 aliphatic heterocycles. The first-order valence-corrected chi connectivity index (χ1v) is 13.2. The molecule has 2 amide bonds. The molecule has 4 rings (SSSR count). The molecule has 0 radical (unpaired) electrons. The number of nitrogens with one attached hydrogen (secondary N) is 2. The van der Waals surface area contributed by atoms with E-state index in [1.54, 1.807) is 44.2 Å². The molecule has 3 aromatic rings. The molecule has 2 unspecified atom stereocenters. The molecule has 1 saturated heterocycles. The lowest BCUT2D eigenvalue weighted by Gasteiger charge is -2.29. The highest BCUT2D eigenvalue weighted by Gasteiger charge is 2.48. The van der Waals surface area contributed by atoms with Gasteiger partial charge in [0, 0.05) is 26.1 Å². The second kappa shape index (κ2) is 13.0. The van der Waals surface area contributed by atoms with Crippen LogP contribution in [0.4, 0.5) is 32.6 Å². The van der Waals surface area contributed by atoms with Crippen LogP contribution in [0.3, 0.4) is 0 Å². The molecule has 1 aromatic heterocycles. The summed E-state index contributed by atoms with van der Waals surface area (Å²) in [6, 6.07) is 8.30. The number of amides is 2. The molecule has 0 spiro atoms. The normalized spacial score (nSPS) is 19.0. The van der Waals surface area contributed by atoms with E-state index in [0.717, 1.165) is 24.1 Å². The van der Waals surface area contributed by atoms with Crippen LogP contribution in [-0.4, -0.2) is 83.6 Å². The molecule has 1 fully saturated rings. The van der Waals surface area contributed by atoms with Crippen molar-refractivity contribution in [1.82, 2.24) is 20.0 Å². The fraction of sp³-hybridized carbons (Fsp3) is 0.429. The van der Waals surface area contributed by atoms with Crippen LogP contribution in [0, 0.1) is 18.6 Å². The molecule has 9 nitrogen and oxygen atoms in total. The van der Waals surface area contributed by atoms with Gasteiger partial charge in [-0.25, -0.2) is 18.3 Å². The number of aromatic nitrogens is 2. The first-order valence-electron chi connectivity index (χ1n) is 13.2. The number of carbonyl (C=O) groups is 1. The predicted molar refractivity (Wildman–Crippen MR) is 144 cm³/mol. The molecular formula is C28H32F5N5O4. The number of benzene rings is 2. The quantitative estimate of drug-likeness (QED) is 0.300. The number of halogens is 5. The van der Waals surface area contributed by atoms with E-state index in [1.807, 2.05) is 0 Å². The van der Waals surface area contributed by atoms with E-state index in [0.29, 0.717) is 11.3 Å². The second-order valence-corrected chi connectivity index (χ2v) is 10.1. The summed E-state index contributed by atoms with van der Waals surface area (Å²) in [6.45, 7) is 2.08. The standard InChI is InChI=1S/C28H32F5N5O4/c1-16(39)14-42-26-17(2)25(38(36-26)19-7-5-4-6-8-19)35-27(40)34-23-13-37(24(15-41-3)28(31,32)33)12-20(23)18-9-10-21(29)22(30)11-18/h4-11,16,20,23-24,39H,12-15H2,1-3H3,(H2,34,35,40)/t16?,20-,23+,24?/m0/s1. The van der Waals surface area contributed by atoms with Gasteiger partial charge in [0.15, 0.2) is 11.6 Å². The number of aliphatic hydroxyl groups is 1. The average molecular weight is 598 g/mol. The minimum absolute atomic E-state index is 0.0477. The molecular weight excluding hydrogens is 565 g/mol. The molecule has 3 N–H and O–H groups in total. The van der Waals surface area contributed by atoms with Crippen LogP contribution in [0.1, 0.15) is 24.0 Å². The predicted octanol–water partition coefficient (Wildman–Crippen LogP) is 4.39. The minimum atomic E-state index is -4.63. The number of alkyl halides is 3. The van der Waals surface area contributed by atoms with Crippen LogP contribution >= 0.6 is 0 Å². The number of likely N-dealkylation sites (tertiary alicyclic amines) is 1. The van der Waals surface area contributed by atoms with Gasteiger partial charge in [0.05, 0.1) is 30.0 Å². The van der Waals surface area contributed by atoms with Crippen molar-refractivity contribution in [1.29, 1.82) is 0 Å². The van der Waals surface area contributed by atoms with Gasteiger partial charge in [-0.2, -0.15) is 13.2 Å². The van der Waals surface area contributed by atoms with Crippen molar-refractivity contribution >= 4 is 11.8 Å².